The lowest BCUT2D eigenvalue weighted by atomic mass is 9.97. The second-order valence-electron chi connectivity index (χ2n) is 9.90. The van der Waals surface area contributed by atoms with Gasteiger partial charge in [0, 0.05) is 48.1 Å². The van der Waals surface area contributed by atoms with Crippen molar-refractivity contribution in [3.05, 3.63) is 119 Å². The van der Waals surface area contributed by atoms with Crippen LogP contribution in [-0.4, -0.2) is 40.0 Å². The highest BCUT2D eigenvalue weighted by Crippen LogP contribution is 2.43. The van der Waals surface area contributed by atoms with Crippen molar-refractivity contribution in [3.8, 4) is 5.69 Å². The Labute approximate surface area is 251 Å². The maximum Gasteiger partial charge on any atom is 0.275 e. The molecule has 4 aromatic rings. The average Bonchev–Trinajstić information content (AvgIpc) is 3.37. The minimum Gasteiger partial charge on any atom is -0.366 e. The van der Waals surface area contributed by atoms with E-state index in [4.69, 9.17) is 17.3 Å². The van der Waals surface area contributed by atoms with Crippen LogP contribution in [0.3, 0.4) is 0 Å². The molecule has 0 atom stereocenters. The van der Waals surface area contributed by atoms with E-state index in [2.05, 4.69) is 10.4 Å². The Kier molecular flexibility index (Phi) is 8.22. The molecule has 1 aromatic heterocycles. The average molecular weight is 602 g/mol. The molecular weight excluding hydrogens is 576 g/mol. The van der Waals surface area contributed by atoms with Gasteiger partial charge in [-0.1, -0.05) is 41.9 Å². The first-order valence-electron chi connectivity index (χ1n) is 13.2. The normalized spacial score (nSPS) is 15.3. The SMILES string of the molecule is Cc1ccn(-c2ccc(C(=O)N3CCC(F)(F)/C(=C\C(=O)Nc4cccc(/C=C/C(N)=O)c4)c4ccccc43)c(Cl)c2)n1. The van der Waals surface area contributed by atoms with Crippen LogP contribution in [0.15, 0.2) is 91.1 Å². The zero-order chi connectivity index (χ0) is 30.7. The number of fused-ring (bicyclic) bond motifs is 1. The Morgan fingerprint density at radius 1 is 1.05 bits per heavy atom. The number of para-hydroxylation sites is 1. The highest BCUT2D eigenvalue weighted by molar-refractivity contribution is 6.34. The Morgan fingerprint density at radius 3 is 2.56 bits per heavy atom. The van der Waals surface area contributed by atoms with E-state index < -0.39 is 35.6 Å². The van der Waals surface area contributed by atoms with Crippen LogP contribution in [0.2, 0.25) is 5.02 Å². The summed E-state index contributed by atoms with van der Waals surface area (Å²) in [5.74, 6) is -5.40. The van der Waals surface area contributed by atoms with Gasteiger partial charge in [0.2, 0.25) is 11.8 Å². The topological polar surface area (TPSA) is 110 Å². The molecule has 0 radical (unpaired) electrons. The van der Waals surface area contributed by atoms with Crippen LogP contribution in [-0.2, 0) is 9.59 Å². The molecule has 43 heavy (non-hydrogen) atoms. The van der Waals surface area contributed by atoms with Crippen LogP contribution in [0.25, 0.3) is 17.3 Å². The highest BCUT2D eigenvalue weighted by atomic mass is 35.5. The summed E-state index contributed by atoms with van der Waals surface area (Å²) in [5.41, 5.74) is 7.39. The van der Waals surface area contributed by atoms with Crippen LogP contribution >= 0.6 is 11.6 Å². The van der Waals surface area contributed by atoms with Gasteiger partial charge < -0.3 is 16.0 Å². The monoisotopic (exact) mass is 601 g/mol. The number of rotatable bonds is 6. The van der Waals surface area contributed by atoms with Crippen LogP contribution in [0.5, 0.6) is 0 Å². The number of aryl methyl sites for hydroxylation is 1. The highest BCUT2D eigenvalue weighted by Gasteiger charge is 2.41. The first kappa shape index (κ1) is 29.4. The molecule has 11 heteroatoms. The third-order valence-electron chi connectivity index (χ3n) is 6.81. The van der Waals surface area contributed by atoms with Crippen molar-refractivity contribution in [2.75, 3.05) is 16.8 Å². The molecule has 2 heterocycles. The Bertz CT molecular complexity index is 1800. The molecule has 0 saturated carbocycles. The van der Waals surface area contributed by atoms with Gasteiger partial charge in [0.05, 0.1) is 27.7 Å². The molecule has 0 unspecified atom stereocenters. The van der Waals surface area contributed by atoms with Crippen LogP contribution < -0.4 is 16.0 Å². The summed E-state index contributed by atoms with van der Waals surface area (Å²) in [4.78, 5) is 39.0. The maximum atomic E-state index is 15.6. The third kappa shape index (κ3) is 6.54. The smallest absolute Gasteiger partial charge is 0.275 e. The molecule has 0 fully saturated rings. The van der Waals surface area contributed by atoms with Gasteiger partial charge in [0.1, 0.15) is 0 Å². The molecule has 0 aliphatic carbocycles. The van der Waals surface area contributed by atoms with Crippen molar-refractivity contribution >= 4 is 52.3 Å². The standard InChI is InChI=1S/C32H26ClF2N5O3/c1-20-13-15-40(38-20)23-10-11-25(27(33)18-23)31(43)39-16-14-32(34,35)26(24-7-2-3-8-28(24)39)19-30(42)37-22-6-4-5-21(17-22)9-12-29(36)41/h2-13,15,17-19H,14,16H2,1H3,(H2,36,41)(H,37,42)/b12-9+,26-19-. The van der Waals surface area contributed by atoms with E-state index in [9.17, 15) is 14.4 Å². The lowest BCUT2D eigenvalue weighted by molar-refractivity contribution is -0.113. The summed E-state index contributed by atoms with van der Waals surface area (Å²) in [7, 11) is 0. The number of amides is 3. The van der Waals surface area contributed by atoms with Crippen molar-refractivity contribution in [2.24, 2.45) is 5.73 Å². The minimum absolute atomic E-state index is 0.0476. The molecule has 1 aliphatic rings. The van der Waals surface area contributed by atoms with E-state index in [-0.39, 0.29) is 28.4 Å². The number of aromatic nitrogens is 2. The minimum atomic E-state index is -3.43. The number of hydrogen-bond acceptors (Lipinski definition) is 4. The number of anilines is 2. The molecule has 1 aliphatic heterocycles. The van der Waals surface area contributed by atoms with E-state index in [0.717, 1.165) is 11.8 Å². The van der Waals surface area contributed by atoms with Gasteiger partial charge in [-0.05, 0) is 61.0 Å². The Morgan fingerprint density at radius 2 is 1.84 bits per heavy atom. The Balaban J connectivity index is 1.46. The first-order valence-corrected chi connectivity index (χ1v) is 13.6. The van der Waals surface area contributed by atoms with Gasteiger partial charge in [0.15, 0.2) is 0 Å². The lowest BCUT2D eigenvalue weighted by Crippen LogP contribution is -2.33. The number of nitrogens with two attached hydrogens (primary N) is 1. The summed E-state index contributed by atoms with van der Waals surface area (Å²) >= 11 is 6.52. The molecule has 3 N–H and O–H groups in total. The third-order valence-corrected chi connectivity index (χ3v) is 7.13. The van der Waals surface area contributed by atoms with Gasteiger partial charge in [0.25, 0.3) is 11.8 Å². The van der Waals surface area contributed by atoms with E-state index in [0.29, 0.717) is 16.9 Å². The zero-order valence-corrected chi connectivity index (χ0v) is 23.7. The molecule has 218 valence electrons. The van der Waals surface area contributed by atoms with E-state index in [1.807, 2.05) is 13.0 Å². The second kappa shape index (κ2) is 12.0. The molecule has 0 saturated heterocycles. The Hall–Kier alpha value is -5.09. The molecule has 5 rings (SSSR count). The lowest BCUT2D eigenvalue weighted by Gasteiger charge is -2.23. The van der Waals surface area contributed by atoms with Gasteiger partial charge in [-0.15, -0.1) is 0 Å². The summed E-state index contributed by atoms with van der Waals surface area (Å²) in [6.45, 7) is 1.53. The summed E-state index contributed by atoms with van der Waals surface area (Å²) < 4.78 is 32.9. The van der Waals surface area contributed by atoms with Crippen molar-refractivity contribution in [3.63, 3.8) is 0 Å². The fraction of sp³-hybridized carbons (Fsp3) is 0.125. The maximum absolute atomic E-state index is 15.6. The number of allylic oxidation sites excluding steroid dienone is 1. The van der Waals surface area contributed by atoms with Gasteiger partial charge in [-0.25, -0.2) is 13.5 Å². The van der Waals surface area contributed by atoms with Crippen LogP contribution in [0, 0.1) is 6.92 Å². The van der Waals surface area contributed by atoms with Crippen LogP contribution in [0.4, 0.5) is 20.2 Å². The second-order valence-corrected chi connectivity index (χ2v) is 10.3. The fourth-order valence-corrected chi connectivity index (χ4v) is 5.02. The fourth-order valence-electron chi connectivity index (χ4n) is 4.77. The molecular formula is C32H26ClF2N5O3. The molecule has 3 aromatic carbocycles. The summed E-state index contributed by atoms with van der Waals surface area (Å²) in [5, 5.41) is 7.08. The van der Waals surface area contributed by atoms with Crippen molar-refractivity contribution in [1.82, 2.24) is 9.78 Å². The molecule has 3 amide bonds. The zero-order valence-electron chi connectivity index (χ0n) is 22.9. The molecule has 8 nitrogen and oxygen atoms in total. The van der Waals surface area contributed by atoms with E-state index in [1.54, 1.807) is 71.5 Å². The molecule has 0 spiro atoms. The summed E-state index contributed by atoms with van der Waals surface area (Å²) in [6.07, 6.45) is 4.53. The number of alkyl halides is 2. The first-order chi connectivity index (χ1) is 20.5. The van der Waals surface area contributed by atoms with Gasteiger partial charge in [-0.2, -0.15) is 5.10 Å². The number of nitrogens with zero attached hydrogens (tertiary/aromatic N) is 3. The number of primary amides is 1. The van der Waals surface area contributed by atoms with Gasteiger partial charge >= 0.3 is 0 Å². The van der Waals surface area contributed by atoms with Crippen molar-refractivity contribution in [2.45, 2.75) is 19.3 Å². The van der Waals surface area contributed by atoms with Crippen molar-refractivity contribution < 1.29 is 23.2 Å². The van der Waals surface area contributed by atoms with Gasteiger partial charge in [-0.3, -0.25) is 14.4 Å². The quantitative estimate of drug-likeness (QED) is 0.263. The van der Waals surface area contributed by atoms with Crippen LogP contribution in [0.1, 0.15) is 33.6 Å². The number of carbonyl (C=O) groups is 3. The number of nitrogens with one attached hydrogen (secondary N) is 1. The largest absolute Gasteiger partial charge is 0.366 e. The number of halogens is 3. The van der Waals surface area contributed by atoms with E-state index >= 15 is 8.78 Å². The number of benzene rings is 3. The summed E-state index contributed by atoms with van der Waals surface area (Å²) in [6, 6.07) is 19.3. The molecule has 0 bridgehead atoms. The van der Waals surface area contributed by atoms with Crippen molar-refractivity contribution in [1.29, 1.82) is 0 Å². The number of carbonyl (C=O) groups excluding carboxylic acids is 3. The number of hydrogen-bond donors (Lipinski definition) is 2. The van der Waals surface area contributed by atoms with E-state index in [1.165, 1.54) is 23.1 Å². The predicted molar refractivity (Wildman–Crippen MR) is 162 cm³/mol. The predicted octanol–water partition coefficient (Wildman–Crippen LogP) is 6.04.